The quantitative estimate of drug-likeness (QED) is 0.881. The maximum Gasteiger partial charge on any atom is 0.254 e. The van der Waals surface area contributed by atoms with Gasteiger partial charge in [0, 0.05) is 22.8 Å². The second-order valence-electron chi connectivity index (χ2n) is 5.70. The van der Waals surface area contributed by atoms with E-state index in [4.69, 9.17) is 0 Å². The zero-order chi connectivity index (χ0) is 15.5. The van der Waals surface area contributed by atoms with Gasteiger partial charge in [-0.2, -0.15) is 5.10 Å². The summed E-state index contributed by atoms with van der Waals surface area (Å²) in [6.07, 6.45) is 5.31. The number of nitrogens with zero attached hydrogens (tertiary/aromatic N) is 2. The Morgan fingerprint density at radius 2 is 2.36 bits per heavy atom. The van der Waals surface area contributed by atoms with Crippen molar-refractivity contribution in [2.24, 2.45) is 0 Å². The fourth-order valence-electron chi connectivity index (χ4n) is 2.73. The molecule has 2 N–H and O–H groups in total. The minimum Gasteiger partial charge on any atom is -0.349 e. The molecule has 1 aliphatic heterocycles. The first-order valence-electron chi connectivity index (χ1n) is 7.46. The lowest BCUT2D eigenvalue weighted by Crippen LogP contribution is -2.46. The molecule has 2 unspecified atom stereocenters. The van der Waals surface area contributed by atoms with E-state index < -0.39 is 0 Å². The van der Waals surface area contributed by atoms with Gasteiger partial charge >= 0.3 is 0 Å². The van der Waals surface area contributed by atoms with Crippen molar-refractivity contribution in [3.8, 4) is 5.69 Å². The van der Waals surface area contributed by atoms with E-state index in [0.717, 1.165) is 29.5 Å². The molecule has 0 aliphatic carbocycles. The number of hydrogen-bond acceptors (Lipinski definition) is 3. The third-order valence-corrected chi connectivity index (χ3v) is 4.37. The molecule has 22 heavy (non-hydrogen) atoms. The minimum atomic E-state index is -0.0552. The van der Waals surface area contributed by atoms with Crippen LogP contribution in [-0.2, 0) is 0 Å². The van der Waals surface area contributed by atoms with Gasteiger partial charge in [-0.05, 0) is 44.5 Å². The molecule has 2 aromatic rings. The van der Waals surface area contributed by atoms with Crippen molar-refractivity contribution < 1.29 is 4.79 Å². The summed E-state index contributed by atoms with van der Waals surface area (Å²) < 4.78 is 2.69. The smallest absolute Gasteiger partial charge is 0.254 e. The van der Waals surface area contributed by atoms with E-state index in [1.807, 2.05) is 24.3 Å². The maximum atomic E-state index is 12.3. The van der Waals surface area contributed by atoms with E-state index in [9.17, 15) is 4.79 Å². The van der Waals surface area contributed by atoms with Gasteiger partial charge in [0.25, 0.3) is 5.91 Å². The summed E-state index contributed by atoms with van der Waals surface area (Å²) in [6.45, 7) is 3.09. The molecule has 0 saturated carbocycles. The van der Waals surface area contributed by atoms with Gasteiger partial charge in [-0.3, -0.25) is 4.79 Å². The molecule has 1 fully saturated rings. The second-order valence-corrected chi connectivity index (χ2v) is 6.62. The van der Waals surface area contributed by atoms with E-state index in [-0.39, 0.29) is 11.9 Å². The van der Waals surface area contributed by atoms with E-state index in [1.165, 1.54) is 0 Å². The van der Waals surface area contributed by atoms with Gasteiger partial charge in [-0.1, -0.05) is 22.0 Å². The standard InChI is InChI=1S/C16H19BrN4O/c1-11-7-14(5-6-18-11)20-16(22)12-9-19-21(10-12)15-4-2-3-13(17)8-15/h2-4,8-11,14,18H,5-7H2,1H3,(H,20,22). The third kappa shape index (κ3) is 3.56. The summed E-state index contributed by atoms with van der Waals surface area (Å²) in [5.74, 6) is -0.0552. The maximum absolute atomic E-state index is 12.3. The third-order valence-electron chi connectivity index (χ3n) is 3.88. The number of rotatable bonds is 3. The average molecular weight is 363 g/mol. The Morgan fingerprint density at radius 3 is 3.14 bits per heavy atom. The Bertz CT molecular complexity index is 670. The Morgan fingerprint density at radius 1 is 1.50 bits per heavy atom. The number of piperidine rings is 1. The highest BCUT2D eigenvalue weighted by molar-refractivity contribution is 9.10. The van der Waals surface area contributed by atoms with Crippen LogP contribution < -0.4 is 10.6 Å². The zero-order valence-corrected chi connectivity index (χ0v) is 14.0. The Labute approximate surface area is 138 Å². The van der Waals surface area contributed by atoms with Crippen LogP contribution in [0.15, 0.2) is 41.1 Å². The number of aromatic nitrogens is 2. The van der Waals surface area contributed by atoms with E-state index in [0.29, 0.717) is 11.6 Å². The van der Waals surface area contributed by atoms with Gasteiger partial charge in [0.1, 0.15) is 0 Å². The number of carbonyl (C=O) groups excluding carboxylic acids is 1. The van der Waals surface area contributed by atoms with Gasteiger partial charge in [-0.15, -0.1) is 0 Å². The fourth-order valence-corrected chi connectivity index (χ4v) is 3.12. The van der Waals surface area contributed by atoms with Crippen LogP contribution >= 0.6 is 15.9 Å². The van der Waals surface area contributed by atoms with Crippen molar-refractivity contribution in [2.75, 3.05) is 6.54 Å². The van der Waals surface area contributed by atoms with E-state index >= 15 is 0 Å². The molecule has 1 saturated heterocycles. The minimum absolute atomic E-state index is 0.0552. The van der Waals surface area contributed by atoms with Crippen molar-refractivity contribution in [3.05, 3.63) is 46.7 Å². The summed E-state index contributed by atoms with van der Waals surface area (Å²) in [7, 11) is 0. The number of benzene rings is 1. The van der Waals surface area contributed by atoms with Crippen LogP contribution in [0.5, 0.6) is 0 Å². The first-order chi connectivity index (χ1) is 10.6. The molecule has 6 heteroatoms. The van der Waals surface area contributed by atoms with Crippen LogP contribution in [0.4, 0.5) is 0 Å². The molecular weight excluding hydrogens is 344 g/mol. The summed E-state index contributed by atoms with van der Waals surface area (Å²) in [5.41, 5.74) is 1.51. The van der Waals surface area contributed by atoms with Crippen molar-refractivity contribution in [2.45, 2.75) is 31.8 Å². The van der Waals surface area contributed by atoms with Gasteiger partial charge in [0.05, 0.1) is 17.4 Å². The van der Waals surface area contributed by atoms with Crippen LogP contribution in [-0.4, -0.2) is 34.3 Å². The number of amides is 1. The van der Waals surface area contributed by atoms with Crippen LogP contribution in [0.1, 0.15) is 30.1 Å². The number of carbonyl (C=O) groups is 1. The SMILES string of the molecule is CC1CC(NC(=O)c2cnn(-c3cccc(Br)c3)c2)CCN1. The van der Waals surface area contributed by atoms with Crippen LogP contribution in [0, 0.1) is 0 Å². The molecular formula is C16H19BrN4O. The Balaban J connectivity index is 1.69. The lowest BCUT2D eigenvalue weighted by molar-refractivity contribution is 0.0925. The van der Waals surface area contributed by atoms with Gasteiger partial charge in [0.15, 0.2) is 0 Å². The predicted octanol–water partition coefficient (Wildman–Crippen LogP) is 2.51. The van der Waals surface area contributed by atoms with Gasteiger partial charge < -0.3 is 10.6 Å². The number of nitrogens with one attached hydrogen (secondary N) is 2. The summed E-state index contributed by atoms with van der Waals surface area (Å²) >= 11 is 3.44. The van der Waals surface area contributed by atoms with Gasteiger partial charge in [0.2, 0.25) is 0 Å². The Hall–Kier alpha value is -1.66. The van der Waals surface area contributed by atoms with Gasteiger partial charge in [-0.25, -0.2) is 4.68 Å². The second kappa shape index (κ2) is 6.62. The first kappa shape index (κ1) is 15.2. The molecule has 1 aromatic carbocycles. The molecule has 5 nitrogen and oxygen atoms in total. The lowest BCUT2D eigenvalue weighted by Gasteiger charge is -2.28. The van der Waals surface area contributed by atoms with Crippen molar-refractivity contribution in [1.82, 2.24) is 20.4 Å². The number of halogens is 1. The molecule has 1 aliphatic rings. The predicted molar refractivity (Wildman–Crippen MR) is 89.2 cm³/mol. The zero-order valence-electron chi connectivity index (χ0n) is 12.4. The Kier molecular flexibility index (Phi) is 4.59. The van der Waals surface area contributed by atoms with Crippen LogP contribution in [0.3, 0.4) is 0 Å². The highest BCUT2D eigenvalue weighted by Crippen LogP contribution is 2.15. The largest absolute Gasteiger partial charge is 0.349 e. The molecule has 1 aromatic heterocycles. The molecule has 1 amide bonds. The van der Waals surface area contributed by atoms with Crippen LogP contribution in [0.2, 0.25) is 0 Å². The molecule has 0 spiro atoms. The van der Waals surface area contributed by atoms with E-state index in [2.05, 4.69) is 38.6 Å². The summed E-state index contributed by atoms with van der Waals surface area (Å²) in [4.78, 5) is 12.3. The summed E-state index contributed by atoms with van der Waals surface area (Å²) in [5, 5.41) is 10.8. The fraction of sp³-hybridized carbons (Fsp3) is 0.375. The summed E-state index contributed by atoms with van der Waals surface area (Å²) in [6, 6.07) is 8.49. The molecule has 0 bridgehead atoms. The van der Waals surface area contributed by atoms with Crippen molar-refractivity contribution in [3.63, 3.8) is 0 Å². The monoisotopic (exact) mass is 362 g/mol. The molecule has 2 atom stereocenters. The van der Waals surface area contributed by atoms with Crippen molar-refractivity contribution in [1.29, 1.82) is 0 Å². The highest BCUT2D eigenvalue weighted by Gasteiger charge is 2.21. The lowest BCUT2D eigenvalue weighted by atomic mass is 10.0. The molecule has 116 valence electrons. The topological polar surface area (TPSA) is 59.0 Å². The molecule has 3 rings (SSSR count). The molecule has 0 radical (unpaired) electrons. The normalized spacial score (nSPS) is 21.5. The van der Waals surface area contributed by atoms with Crippen LogP contribution in [0.25, 0.3) is 5.69 Å². The first-order valence-corrected chi connectivity index (χ1v) is 8.26. The average Bonchev–Trinajstić information content (AvgIpc) is 2.97. The van der Waals surface area contributed by atoms with Crippen molar-refractivity contribution >= 4 is 21.8 Å². The molecule has 2 heterocycles. The highest BCUT2D eigenvalue weighted by atomic mass is 79.9. The van der Waals surface area contributed by atoms with E-state index in [1.54, 1.807) is 17.1 Å². The number of hydrogen-bond donors (Lipinski definition) is 2.